The largest absolute Gasteiger partial charge is 0.474 e. The Morgan fingerprint density at radius 2 is 2.06 bits per heavy atom. The molecular weight excluding hydrogens is 200 g/mol. The van der Waals surface area contributed by atoms with Crippen molar-refractivity contribution in [3.63, 3.8) is 0 Å². The zero-order chi connectivity index (χ0) is 12.0. The quantitative estimate of drug-likeness (QED) is 0.803. The number of nitrogens with zero attached hydrogens (tertiary/aromatic N) is 1. The summed E-state index contributed by atoms with van der Waals surface area (Å²) in [5.41, 5.74) is 1.19. The monoisotopic (exact) mass is 222 g/mol. The predicted molar refractivity (Wildman–Crippen MR) is 66.5 cm³/mol. The van der Waals surface area contributed by atoms with Crippen molar-refractivity contribution in [1.82, 2.24) is 10.3 Å². The number of hydrogen-bond donors (Lipinski definition) is 1. The standard InChI is InChI=1S/C13H22N2O/c1-5-14-8-12-6-7-13(15-9-12)16-11(4)10(2)3/h6-7,9-11,14H,5,8H2,1-4H3. The Balaban J connectivity index is 2.51. The summed E-state index contributed by atoms with van der Waals surface area (Å²) in [6, 6.07) is 3.99. The number of aromatic nitrogens is 1. The fourth-order valence-electron chi connectivity index (χ4n) is 1.18. The Bertz CT molecular complexity index is 295. The molecule has 0 radical (unpaired) electrons. The van der Waals surface area contributed by atoms with Crippen LogP contribution in [0.25, 0.3) is 0 Å². The molecule has 3 nitrogen and oxygen atoms in total. The second kappa shape index (κ2) is 6.48. The first-order chi connectivity index (χ1) is 7.63. The van der Waals surface area contributed by atoms with Gasteiger partial charge in [0.25, 0.3) is 0 Å². The maximum absolute atomic E-state index is 5.70. The summed E-state index contributed by atoms with van der Waals surface area (Å²) < 4.78 is 5.70. The van der Waals surface area contributed by atoms with Gasteiger partial charge in [-0.2, -0.15) is 0 Å². The van der Waals surface area contributed by atoms with E-state index in [1.54, 1.807) is 0 Å². The van der Waals surface area contributed by atoms with E-state index < -0.39 is 0 Å². The Hall–Kier alpha value is -1.09. The third-order valence-corrected chi connectivity index (χ3v) is 2.62. The first-order valence-electron chi connectivity index (χ1n) is 5.95. The van der Waals surface area contributed by atoms with Gasteiger partial charge in [0.2, 0.25) is 5.88 Å². The van der Waals surface area contributed by atoms with Gasteiger partial charge in [0, 0.05) is 18.8 Å². The van der Waals surface area contributed by atoms with Crippen molar-refractivity contribution >= 4 is 0 Å². The van der Waals surface area contributed by atoms with Gasteiger partial charge < -0.3 is 10.1 Å². The van der Waals surface area contributed by atoms with Crippen molar-refractivity contribution < 1.29 is 4.74 Å². The zero-order valence-corrected chi connectivity index (χ0v) is 10.7. The smallest absolute Gasteiger partial charge is 0.213 e. The van der Waals surface area contributed by atoms with Crippen LogP contribution in [0.3, 0.4) is 0 Å². The summed E-state index contributed by atoms with van der Waals surface area (Å²) in [6.07, 6.45) is 2.07. The highest BCUT2D eigenvalue weighted by Gasteiger charge is 2.08. The number of rotatable bonds is 6. The maximum Gasteiger partial charge on any atom is 0.213 e. The molecule has 3 heteroatoms. The molecule has 0 aliphatic carbocycles. The summed E-state index contributed by atoms with van der Waals surface area (Å²) >= 11 is 0. The topological polar surface area (TPSA) is 34.1 Å². The SMILES string of the molecule is CCNCc1ccc(OC(C)C(C)C)nc1. The van der Waals surface area contributed by atoms with Gasteiger partial charge in [-0.15, -0.1) is 0 Å². The van der Waals surface area contributed by atoms with E-state index in [1.165, 1.54) is 5.56 Å². The first kappa shape index (κ1) is 13.0. The molecule has 0 saturated carbocycles. The van der Waals surface area contributed by atoms with E-state index >= 15 is 0 Å². The molecule has 0 aliphatic rings. The molecule has 1 aromatic rings. The molecule has 0 saturated heterocycles. The van der Waals surface area contributed by atoms with E-state index in [4.69, 9.17) is 4.74 Å². The lowest BCUT2D eigenvalue weighted by Crippen LogP contribution is -2.19. The van der Waals surface area contributed by atoms with Crippen molar-refractivity contribution in [2.24, 2.45) is 5.92 Å². The van der Waals surface area contributed by atoms with Gasteiger partial charge in [-0.05, 0) is 24.9 Å². The van der Waals surface area contributed by atoms with Crippen LogP contribution in [0.15, 0.2) is 18.3 Å². The van der Waals surface area contributed by atoms with Crippen molar-refractivity contribution in [2.45, 2.75) is 40.3 Å². The third kappa shape index (κ3) is 4.19. The molecule has 0 spiro atoms. The van der Waals surface area contributed by atoms with Crippen LogP contribution in [0.2, 0.25) is 0 Å². The molecular formula is C13H22N2O. The third-order valence-electron chi connectivity index (χ3n) is 2.62. The van der Waals surface area contributed by atoms with E-state index in [0.717, 1.165) is 13.1 Å². The fourth-order valence-corrected chi connectivity index (χ4v) is 1.18. The van der Waals surface area contributed by atoms with E-state index in [2.05, 4.69) is 44.1 Å². The molecule has 0 fully saturated rings. The maximum atomic E-state index is 5.70. The Labute approximate surface area is 98.2 Å². The number of pyridine rings is 1. The number of ether oxygens (including phenoxy) is 1. The number of nitrogens with one attached hydrogen (secondary N) is 1. The van der Waals surface area contributed by atoms with Crippen LogP contribution < -0.4 is 10.1 Å². The number of hydrogen-bond acceptors (Lipinski definition) is 3. The minimum atomic E-state index is 0.201. The molecule has 0 bridgehead atoms. The molecule has 90 valence electrons. The summed E-state index contributed by atoms with van der Waals surface area (Å²) in [4.78, 5) is 4.29. The van der Waals surface area contributed by atoms with Crippen LogP contribution in [-0.2, 0) is 6.54 Å². The molecule has 1 aromatic heterocycles. The average molecular weight is 222 g/mol. The zero-order valence-electron chi connectivity index (χ0n) is 10.7. The fraction of sp³-hybridized carbons (Fsp3) is 0.615. The lowest BCUT2D eigenvalue weighted by Gasteiger charge is -2.17. The van der Waals surface area contributed by atoms with Crippen LogP contribution in [0.5, 0.6) is 5.88 Å². The molecule has 0 amide bonds. The van der Waals surface area contributed by atoms with E-state index in [-0.39, 0.29) is 6.10 Å². The van der Waals surface area contributed by atoms with Crippen molar-refractivity contribution in [2.75, 3.05) is 6.54 Å². The predicted octanol–water partition coefficient (Wildman–Crippen LogP) is 2.61. The minimum absolute atomic E-state index is 0.201. The van der Waals surface area contributed by atoms with Gasteiger partial charge >= 0.3 is 0 Å². The van der Waals surface area contributed by atoms with Crippen LogP contribution in [-0.4, -0.2) is 17.6 Å². The molecule has 0 aliphatic heterocycles. The van der Waals surface area contributed by atoms with Crippen LogP contribution in [0, 0.1) is 5.92 Å². The lowest BCUT2D eigenvalue weighted by atomic mass is 10.1. The van der Waals surface area contributed by atoms with Gasteiger partial charge in [0.15, 0.2) is 0 Å². The highest BCUT2D eigenvalue weighted by molar-refractivity contribution is 5.17. The van der Waals surface area contributed by atoms with Gasteiger partial charge in [-0.3, -0.25) is 0 Å². The van der Waals surface area contributed by atoms with Crippen LogP contribution >= 0.6 is 0 Å². The van der Waals surface area contributed by atoms with E-state index in [0.29, 0.717) is 11.8 Å². The van der Waals surface area contributed by atoms with E-state index in [1.807, 2.05) is 12.3 Å². The molecule has 16 heavy (non-hydrogen) atoms. The second-order valence-electron chi connectivity index (χ2n) is 4.35. The Kier molecular flexibility index (Phi) is 5.26. The lowest BCUT2D eigenvalue weighted by molar-refractivity contribution is 0.163. The van der Waals surface area contributed by atoms with Crippen LogP contribution in [0.1, 0.15) is 33.3 Å². The second-order valence-corrected chi connectivity index (χ2v) is 4.35. The summed E-state index contributed by atoms with van der Waals surface area (Å²) in [5.74, 6) is 1.21. The Morgan fingerprint density at radius 3 is 2.56 bits per heavy atom. The molecule has 1 unspecified atom stereocenters. The molecule has 1 heterocycles. The highest BCUT2D eigenvalue weighted by atomic mass is 16.5. The average Bonchev–Trinajstić information content (AvgIpc) is 2.28. The molecule has 1 atom stereocenters. The summed E-state index contributed by atoms with van der Waals surface area (Å²) in [6.45, 7) is 10.3. The molecule has 0 aromatic carbocycles. The van der Waals surface area contributed by atoms with Gasteiger partial charge in [-0.25, -0.2) is 4.98 Å². The summed E-state index contributed by atoms with van der Waals surface area (Å²) in [5, 5.41) is 3.26. The van der Waals surface area contributed by atoms with E-state index in [9.17, 15) is 0 Å². The van der Waals surface area contributed by atoms with Crippen LogP contribution in [0.4, 0.5) is 0 Å². The van der Waals surface area contributed by atoms with Gasteiger partial charge in [-0.1, -0.05) is 26.8 Å². The molecule has 1 rings (SSSR count). The first-order valence-corrected chi connectivity index (χ1v) is 5.95. The highest BCUT2D eigenvalue weighted by Crippen LogP contribution is 2.13. The normalized spacial score (nSPS) is 12.8. The van der Waals surface area contributed by atoms with Gasteiger partial charge in [0.1, 0.15) is 0 Å². The van der Waals surface area contributed by atoms with Crippen molar-refractivity contribution in [1.29, 1.82) is 0 Å². The minimum Gasteiger partial charge on any atom is -0.474 e. The Morgan fingerprint density at radius 1 is 1.31 bits per heavy atom. The van der Waals surface area contributed by atoms with Gasteiger partial charge in [0.05, 0.1) is 6.10 Å². The summed E-state index contributed by atoms with van der Waals surface area (Å²) in [7, 11) is 0. The molecule has 1 N–H and O–H groups in total. The van der Waals surface area contributed by atoms with Crippen molar-refractivity contribution in [3.8, 4) is 5.88 Å². The van der Waals surface area contributed by atoms with Crippen molar-refractivity contribution in [3.05, 3.63) is 23.9 Å².